The Morgan fingerprint density at radius 2 is 1.92 bits per heavy atom. The van der Waals surface area contributed by atoms with Gasteiger partial charge in [-0.05, 0) is 56.2 Å². The highest BCUT2D eigenvalue weighted by molar-refractivity contribution is 5.97. The average Bonchev–Trinajstić information content (AvgIpc) is 3.28. The van der Waals surface area contributed by atoms with E-state index in [9.17, 15) is 0 Å². The van der Waals surface area contributed by atoms with Crippen LogP contribution >= 0.6 is 0 Å². The fourth-order valence-electron chi connectivity index (χ4n) is 5.34. The molecule has 2 aliphatic rings. The third kappa shape index (κ3) is 4.45. The molecule has 0 amide bonds. The van der Waals surface area contributed by atoms with E-state index in [1.165, 1.54) is 35.9 Å². The van der Waals surface area contributed by atoms with Crippen molar-refractivity contribution in [3.63, 3.8) is 0 Å². The zero-order valence-electron chi connectivity index (χ0n) is 22.5. The predicted molar refractivity (Wildman–Crippen MR) is 149 cm³/mol. The van der Waals surface area contributed by atoms with Gasteiger partial charge in [0.2, 0.25) is 0 Å². The molecular weight excluding hydrogens is 446 g/mol. The summed E-state index contributed by atoms with van der Waals surface area (Å²) in [5, 5.41) is 5.89. The van der Waals surface area contributed by atoms with Crippen molar-refractivity contribution < 1.29 is 0 Å². The molecule has 4 aromatic rings. The third-order valence-electron chi connectivity index (χ3n) is 7.45. The molecule has 2 fully saturated rings. The smallest absolute Gasteiger partial charge is 0.163 e. The summed E-state index contributed by atoms with van der Waals surface area (Å²) in [5.41, 5.74) is 5.34. The number of nitrogens with zero attached hydrogens (tertiary/aromatic N) is 5. The summed E-state index contributed by atoms with van der Waals surface area (Å²) in [7, 11) is 0. The summed E-state index contributed by atoms with van der Waals surface area (Å²) >= 11 is 0. The van der Waals surface area contributed by atoms with Crippen LogP contribution in [0.2, 0.25) is 0 Å². The van der Waals surface area contributed by atoms with Gasteiger partial charge in [0, 0.05) is 59.6 Å². The van der Waals surface area contributed by atoms with Crippen LogP contribution in [0.3, 0.4) is 0 Å². The van der Waals surface area contributed by atoms with Crippen LogP contribution in [0.4, 0.5) is 5.82 Å². The lowest BCUT2D eigenvalue weighted by Crippen LogP contribution is -2.57. The number of nitrogens with one attached hydrogen (secondary N) is 2. The molecular formula is C29H39N7. The van der Waals surface area contributed by atoms with Gasteiger partial charge in [-0.1, -0.05) is 34.1 Å². The molecule has 5 heterocycles. The van der Waals surface area contributed by atoms with Crippen molar-refractivity contribution >= 4 is 27.8 Å². The van der Waals surface area contributed by atoms with E-state index >= 15 is 0 Å². The van der Waals surface area contributed by atoms with Crippen LogP contribution in [-0.2, 0) is 0 Å². The molecule has 1 saturated carbocycles. The number of hydrogen-bond donors (Lipinski definition) is 2. The Bertz CT molecular complexity index is 1370. The zero-order valence-corrected chi connectivity index (χ0v) is 22.5. The quantitative estimate of drug-likeness (QED) is 0.359. The van der Waals surface area contributed by atoms with E-state index in [0.717, 1.165) is 53.4 Å². The first kappa shape index (κ1) is 24.6. The number of aromatic nitrogens is 5. The maximum absolute atomic E-state index is 5.28. The molecule has 0 bridgehead atoms. The van der Waals surface area contributed by atoms with E-state index in [1.54, 1.807) is 0 Å². The molecule has 4 aromatic heterocycles. The van der Waals surface area contributed by atoms with E-state index in [1.807, 2.05) is 32.3 Å². The number of pyridine rings is 2. The standard InChI is InChI=1S/C27H33N7.C2H6/c1-16(2)21-12-19-18(8-9-29-24(19)31-21)25-32-22-14-28-13-20(17-6-5-7-17)23(22)26(33-25)34-11-10-30-27(3,4)15-34;1-2/h8-9,12-14,16-17,30H,5-7,10-11,15H2,1-4H3,(H,29,31);1-2H3. The second kappa shape index (κ2) is 9.77. The van der Waals surface area contributed by atoms with Gasteiger partial charge in [-0.25, -0.2) is 15.0 Å². The van der Waals surface area contributed by atoms with Gasteiger partial charge < -0.3 is 15.2 Å². The van der Waals surface area contributed by atoms with Crippen molar-refractivity contribution in [1.82, 2.24) is 30.2 Å². The minimum atomic E-state index is 0.0239. The first-order valence-corrected chi connectivity index (χ1v) is 13.5. The topological polar surface area (TPSA) is 82.6 Å². The van der Waals surface area contributed by atoms with Crippen LogP contribution in [0.25, 0.3) is 33.3 Å². The van der Waals surface area contributed by atoms with Crippen molar-refractivity contribution in [2.24, 2.45) is 0 Å². The molecule has 36 heavy (non-hydrogen) atoms. The molecule has 2 N–H and O–H groups in total. The van der Waals surface area contributed by atoms with Gasteiger partial charge in [0.1, 0.15) is 11.5 Å². The largest absolute Gasteiger partial charge is 0.353 e. The molecule has 0 unspecified atom stereocenters. The lowest BCUT2D eigenvalue weighted by atomic mass is 9.79. The number of fused-ring (bicyclic) bond motifs is 2. The van der Waals surface area contributed by atoms with Crippen LogP contribution in [0.15, 0.2) is 30.7 Å². The number of piperazine rings is 1. The van der Waals surface area contributed by atoms with E-state index in [4.69, 9.17) is 9.97 Å². The second-order valence-electron chi connectivity index (χ2n) is 10.9. The van der Waals surface area contributed by atoms with Gasteiger partial charge in [0.05, 0.1) is 11.7 Å². The summed E-state index contributed by atoms with van der Waals surface area (Å²) in [4.78, 5) is 25.5. The zero-order chi connectivity index (χ0) is 25.4. The number of rotatable bonds is 4. The second-order valence-corrected chi connectivity index (χ2v) is 10.9. The third-order valence-corrected chi connectivity index (χ3v) is 7.45. The van der Waals surface area contributed by atoms with Crippen molar-refractivity contribution in [3.8, 4) is 11.4 Å². The van der Waals surface area contributed by atoms with Crippen molar-refractivity contribution in [1.29, 1.82) is 0 Å². The number of anilines is 1. The molecule has 6 rings (SSSR count). The monoisotopic (exact) mass is 485 g/mol. The average molecular weight is 486 g/mol. The Kier molecular flexibility index (Phi) is 6.68. The Hall–Kier alpha value is -3.06. The maximum Gasteiger partial charge on any atom is 0.163 e. The van der Waals surface area contributed by atoms with Gasteiger partial charge >= 0.3 is 0 Å². The highest BCUT2D eigenvalue weighted by Crippen LogP contribution is 2.42. The molecule has 1 aliphatic carbocycles. The van der Waals surface area contributed by atoms with E-state index in [0.29, 0.717) is 11.8 Å². The molecule has 0 spiro atoms. The van der Waals surface area contributed by atoms with Crippen LogP contribution in [-0.4, -0.2) is 50.1 Å². The van der Waals surface area contributed by atoms with Crippen molar-refractivity contribution in [2.75, 3.05) is 24.5 Å². The fraction of sp³-hybridized carbons (Fsp3) is 0.517. The van der Waals surface area contributed by atoms with Gasteiger partial charge in [0.25, 0.3) is 0 Å². The summed E-state index contributed by atoms with van der Waals surface area (Å²) in [6, 6.07) is 4.24. The maximum atomic E-state index is 5.28. The first-order chi connectivity index (χ1) is 17.4. The normalized spacial score (nSPS) is 17.8. The van der Waals surface area contributed by atoms with E-state index < -0.39 is 0 Å². The minimum Gasteiger partial charge on any atom is -0.353 e. The van der Waals surface area contributed by atoms with Crippen LogP contribution < -0.4 is 10.2 Å². The summed E-state index contributed by atoms with van der Waals surface area (Å²) < 4.78 is 0. The Balaban J connectivity index is 0.00000130. The molecule has 0 aromatic carbocycles. The Labute approximate surface area is 214 Å². The molecule has 0 atom stereocenters. The van der Waals surface area contributed by atoms with Crippen LogP contribution in [0.5, 0.6) is 0 Å². The summed E-state index contributed by atoms with van der Waals surface area (Å²) in [5.74, 6) is 2.75. The Morgan fingerprint density at radius 3 is 2.61 bits per heavy atom. The molecule has 1 aliphatic heterocycles. The predicted octanol–water partition coefficient (Wildman–Crippen LogP) is 6.17. The van der Waals surface area contributed by atoms with E-state index in [-0.39, 0.29) is 5.54 Å². The molecule has 7 nitrogen and oxygen atoms in total. The number of hydrogen-bond acceptors (Lipinski definition) is 6. The fourth-order valence-corrected chi connectivity index (χ4v) is 5.34. The lowest BCUT2D eigenvalue weighted by Gasteiger charge is -2.40. The molecule has 190 valence electrons. The van der Waals surface area contributed by atoms with Crippen LogP contribution in [0.1, 0.15) is 83.9 Å². The van der Waals surface area contributed by atoms with Gasteiger partial charge in [0.15, 0.2) is 5.82 Å². The minimum absolute atomic E-state index is 0.0239. The Morgan fingerprint density at radius 1 is 1.11 bits per heavy atom. The van der Waals surface area contributed by atoms with Crippen LogP contribution in [0, 0.1) is 0 Å². The number of H-pyrrole nitrogens is 1. The summed E-state index contributed by atoms with van der Waals surface area (Å²) in [6.07, 6.45) is 9.55. The number of aromatic amines is 1. The van der Waals surface area contributed by atoms with Crippen molar-refractivity contribution in [3.05, 3.63) is 42.0 Å². The highest BCUT2D eigenvalue weighted by atomic mass is 15.3. The van der Waals surface area contributed by atoms with Gasteiger partial charge in [-0.3, -0.25) is 4.98 Å². The first-order valence-electron chi connectivity index (χ1n) is 13.5. The SMILES string of the molecule is CC.CC(C)c1cc2c(-c3nc(N4CCNC(C)(C)C4)c4c(C5CCC5)cncc4n3)ccnc2[nH]1. The van der Waals surface area contributed by atoms with Crippen molar-refractivity contribution in [2.45, 2.75) is 78.2 Å². The molecule has 7 heteroatoms. The van der Waals surface area contributed by atoms with E-state index in [2.05, 4.69) is 65.1 Å². The highest BCUT2D eigenvalue weighted by Gasteiger charge is 2.31. The molecule has 0 radical (unpaired) electrons. The van der Waals surface area contributed by atoms with Gasteiger partial charge in [-0.15, -0.1) is 0 Å². The van der Waals surface area contributed by atoms with Gasteiger partial charge in [-0.2, -0.15) is 0 Å². The molecule has 1 saturated heterocycles. The summed E-state index contributed by atoms with van der Waals surface area (Å²) in [6.45, 7) is 15.7. The lowest BCUT2D eigenvalue weighted by molar-refractivity contribution is 0.352.